The fraction of sp³-hybridized carbons (Fsp3) is 0.333. The van der Waals surface area contributed by atoms with Gasteiger partial charge in [0.1, 0.15) is 5.82 Å². The Morgan fingerprint density at radius 1 is 1.11 bits per heavy atom. The van der Waals surface area contributed by atoms with Gasteiger partial charge in [-0.1, -0.05) is 13.0 Å². The second-order valence-corrected chi connectivity index (χ2v) is 5.65. The summed E-state index contributed by atoms with van der Waals surface area (Å²) in [7, 11) is 0. The Balaban J connectivity index is 1.88. The predicted molar refractivity (Wildman–Crippen MR) is 75.4 cm³/mol. The number of nitrogens with one attached hydrogen (secondary N) is 1. The molecule has 1 nitrogen and oxygen atoms in total. The molecule has 0 aliphatic heterocycles. The van der Waals surface area contributed by atoms with Crippen molar-refractivity contribution in [1.29, 1.82) is 0 Å². The van der Waals surface area contributed by atoms with Crippen LogP contribution in [0, 0.1) is 12.7 Å². The molecule has 0 radical (unpaired) electrons. The van der Waals surface area contributed by atoms with E-state index < -0.39 is 0 Å². The van der Waals surface area contributed by atoms with E-state index in [1.54, 1.807) is 6.07 Å². The van der Waals surface area contributed by atoms with Crippen molar-refractivity contribution in [3.05, 3.63) is 57.0 Å². The zero-order valence-electron chi connectivity index (χ0n) is 10.8. The van der Waals surface area contributed by atoms with Crippen molar-refractivity contribution < 1.29 is 4.39 Å². The molecule has 0 unspecified atom stereocenters. The van der Waals surface area contributed by atoms with E-state index in [9.17, 15) is 4.39 Å². The first-order chi connectivity index (χ1) is 8.69. The summed E-state index contributed by atoms with van der Waals surface area (Å²) >= 11 is 1.85. The van der Waals surface area contributed by atoms with Gasteiger partial charge in [-0.3, -0.25) is 0 Å². The zero-order chi connectivity index (χ0) is 13.0. The highest BCUT2D eigenvalue weighted by atomic mass is 32.1. The summed E-state index contributed by atoms with van der Waals surface area (Å²) in [5.74, 6) is -0.165. The molecule has 0 spiro atoms. The van der Waals surface area contributed by atoms with Gasteiger partial charge in [-0.2, -0.15) is 0 Å². The molecule has 0 bridgehead atoms. The van der Waals surface area contributed by atoms with Gasteiger partial charge in [0.15, 0.2) is 0 Å². The largest absolute Gasteiger partial charge is 0.308 e. The molecule has 3 heteroatoms. The average molecular weight is 263 g/mol. The molecule has 2 aromatic rings. The SMILES string of the molecule is CCc1ccc(CNCc2ccc(F)cc2C)s1. The Hall–Kier alpha value is -1.19. The monoisotopic (exact) mass is 263 g/mol. The summed E-state index contributed by atoms with van der Waals surface area (Å²) in [6.07, 6.45) is 1.10. The molecule has 96 valence electrons. The van der Waals surface area contributed by atoms with Crippen molar-refractivity contribution >= 4 is 11.3 Å². The van der Waals surface area contributed by atoms with Crippen LogP contribution in [0.5, 0.6) is 0 Å². The number of rotatable bonds is 5. The van der Waals surface area contributed by atoms with Gasteiger partial charge in [0.25, 0.3) is 0 Å². The molecule has 0 amide bonds. The summed E-state index contributed by atoms with van der Waals surface area (Å²) in [6, 6.07) is 9.31. The first-order valence-corrected chi connectivity index (χ1v) is 7.04. The highest BCUT2D eigenvalue weighted by molar-refractivity contribution is 7.11. The first kappa shape index (κ1) is 13.2. The third-order valence-electron chi connectivity index (χ3n) is 2.99. The Morgan fingerprint density at radius 3 is 2.56 bits per heavy atom. The molecular formula is C15H18FNS. The summed E-state index contributed by atoms with van der Waals surface area (Å²) in [6.45, 7) is 5.78. The quantitative estimate of drug-likeness (QED) is 0.858. The molecule has 0 saturated heterocycles. The predicted octanol–water partition coefficient (Wildman–Crippen LogP) is 4.05. The Bertz CT molecular complexity index is 519. The van der Waals surface area contributed by atoms with Gasteiger partial charge in [0.05, 0.1) is 0 Å². The number of halogens is 1. The topological polar surface area (TPSA) is 12.0 Å². The van der Waals surface area contributed by atoms with E-state index in [1.807, 2.05) is 24.3 Å². The van der Waals surface area contributed by atoms with Crippen LogP contribution < -0.4 is 5.32 Å². The van der Waals surface area contributed by atoms with Gasteiger partial charge in [-0.15, -0.1) is 11.3 Å². The maximum Gasteiger partial charge on any atom is 0.123 e. The minimum Gasteiger partial charge on any atom is -0.308 e. The molecule has 1 aromatic heterocycles. The lowest BCUT2D eigenvalue weighted by molar-refractivity contribution is 0.623. The van der Waals surface area contributed by atoms with Crippen LogP contribution in [0.25, 0.3) is 0 Å². The van der Waals surface area contributed by atoms with Crippen LogP contribution in [0.15, 0.2) is 30.3 Å². The normalized spacial score (nSPS) is 10.8. The Labute approximate surface area is 112 Å². The third kappa shape index (κ3) is 3.40. The van der Waals surface area contributed by atoms with E-state index >= 15 is 0 Å². The van der Waals surface area contributed by atoms with Crippen molar-refractivity contribution in [2.24, 2.45) is 0 Å². The molecule has 0 fully saturated rings. The first-order valence-electron chi connectivity index (χ1n) is 6.22. The van der Waals surface area contributed by atoms with Crippen LogP contribution in [0.4, 0.5) is 4.39 Å². The molecule has 1 heterocycles. The Kier molecular flexibility index (Phi) is 4.50. The summed E-state index contributed by atoms with van der Waals surface area (Å²) in [5, 5.41) is 3.40. The van der Waals surface area contributed by atoms with Crippen LogP contribution in [0.1, 0.15) is 27.8 Å². The van der Waals surface area contributed by atoms with E-state index in [0.29, 0.717) is 0 Å². The van der Waals surface area contributed by atoms with Gasteiger partial charge in [-0.05, 0) is 48.7 Å². The van der Waals surface area contributed by atoms with Crippen LogP contribution in [-0.2, 0) is 19.5 Å². The average Bonchev–Trinajstić information content (AvgIpc) is 2.80. The number of benzene rings is 1. The van der Waals surface area contributed by atoms with Crippen molar-refractivity contribution in [3.63, 3.8) is 0 Å². The number of thiophene rings is 1. The lowest BCUT2D eigenvalue weighted by Crippen LogP contribution is -2.12. The molecular weight excluding hydrogens is 245 g/mol. The lowest BCUT2D eigenvalue weighted by Gasteiger charge is -2.07. The standard InChI is InChI=1S/C15H18FNS/c1-3-14-6-7-15(18-14)10-17-9-12-4-5-13(16)8-11(12)2/h4-8,17H,3,9-10H2,1-2H3. The lowest BCUT2D eigenvalue weighted by atomic mass is 10.1. The summed E-state index contributed by atoms with van der Waals surface area (Å²) < 4.78 is 13.0. The van der Waals surface area contributed by atoms with Crippen LogP contribution in [0.3, 0.4) is 0 Å². The van der Waals surface area contributed by atoms with E-state index in [-0.39, 0.29) is 5.82 Å². The minimum atomic E-state index is -0.165. The van der Waals surface area contributed by atoms with E-state index in [4.69, 9.17) is 0 Å². The highest BCUT2D eigenvalue weighted by Gasteiger charge is 2.01. The molecule has 0 aliphatic carbocycles. The number of hydrogen-bond donors (Lipinski definition) is 1. The summed E-state index contributed by atoms with van der Waals surface area (Å²) in [4.78, 5) is 2.77. The van der Waals surface area contributed by atoms with E-state index in [2.05, 4.69) is 24.4 Å². The Morgan fingerprint density at radius 2 is 1.89 bits per heavy atom. The fourth-order valence-electron chi connectivity index (χ4n) is 1.89. The van der Waals surface area contributed by atoms with Gasteiger partial charge in [0, 0.05) is 22.8 Å². The van der Waals surface area contributed by atoms with Crippen LogP contribution in [0.2, 0.25) is 0 Å². The van der Waals surface area contributed by atoms with Crippen molar-refractivity contribution in [2.45, 2.75) is 33.4 Å². The maximum absolute atomic E-state index is 13.0. The zero-order valence-corrected chi connectivity index (χ0v) is 11.6. The molecule has 1 N–H and O–H groups in total. The highest BCUT2D eigenvalue weighted by Crippen LogP contribution is 2.17. The fourth-order valence-corrected chi connectivity index (χ4v) is 2.81. The summed E-state index contributed by atoms with van der Waals surface area (Å²) in [5.41, 5.74) is 2.16. The van der Waals surface area contributed by atoms with E-state index in [1.165, 1.54) is 15.8 Å². The van der Waals surface area contributed by atoms with Gasteiger partial charge < -0.3 is 5.32 Å². The molecule has 2 rings (SSSR count). The number of hydrogen-bond acceptors (Lipinski definition) is 2. The van der Waals surface area contributed by atoms with Crippen molar-refractivity contribution in [1.82, 2.24) is 5.32 Å². The minimum absolute atomic E-state index is 0.165. The maximum atomic E-state index is 13.0. The van der Waals surface area contributed by atoms with E-state index in [0.717, 1.165) is 30.6 Å². The second kappa shape index (κ2) is 6.12. The third-order valence-corrected chi connectivity index (χ3v) is 4.21. The van der Waals surface area contributed by atoms with Crippen molar-refractivity contribution in [3.8, 4) is 0 Å². The van der Waals surface area contributed by atoms with Crippen LogP contribution >= 0.6 is 11.3 Å². The molecule has 0 aliphatic rings. The second-order valence-electron chi connectivity index (χ2n) is 4.40. The molecule has 0 atom stereocenters. The van der Waals surface area contributed by atoms with Gasteiger partial charge >= 0.3 is 0 Å². The van der Waals surface area contributed by atoms with Crippen LogP contribution in [-0.4, -0.2) is 0 Å². The number of aryl methyl sites for hydroxylation is 2. The smallest absolute Gasteiger partial charge is 0.123 e. The van der Waals surface area contributed by atoms with Gasteiger partial charge in [-0.25, -0.2) is 4.39 Å². The van der Waals surface area contributed by atoms with Gasteiger partial charge in [0.2, 0.25) is 0 Å². The molecule has 18 heavy (non-hydrogen) atoms. The molecule has 0 saturated carbocycles. The molecule has 1 aromatic carbocycles. The van der Waals surface area contributed by atoms with Crippen molar-refractivity contribution in [2.75, 3.05) is 0 Å².